The van der Waals surface area contributed by atoms with Gasteiger partial charge in [0.05, 0.1) is 16.1 Å². The summed E-state index contributed by atoms with van der Waals surface area (Å²) in [7, 11) is 0. The molecule has 0 atom stereocenters. The van der Waals surface area contributed by atoms with Gasteiger partial charge in [-0.3, -0.25) is 4.79 Å². The molecule has 4 rings (SSSR count). The van der Waals surface area contributed by atoms with Crippen molar-refractivity contribution in [3.8, 4) is 22.0 Å². The molecule has 1 aromatic heterocycles. The molecular formula is C17H12N2OS. The minimum atomic E-state index is 0.00345. The van der Waals surface area contributed by atoms with Crippen molar-refractivity contribution in [1.29, 1.82) is 0 Å². The second kappa shape index (κ2) is 4.53. The first kappa shape index (κ1) is 12.3. The van der Waals surface area contributed by atoms with Crippen LogP contribution in [-0.2, 0) is 0 Å². The van der Waals surface area contributed by atoms with Crippen molar-refractivity contribution in [1.82, 2.24) is 9.97 Å². The maximum Gasteiger partial charge on any atom is 0.191 e. The predicted molar refractivity (Wildman–Crippen MR) is 87.0 cm³/mol. The SMILES string of the molecule is Cc1ccc2c(=O)cc(-c3scc4ccccc34)nc-2[nH]1. The molecule has 3 nitrogen and oxygen atoms in total. The second-order valence-corrected chi connectivity index (χ2v) is 5.94. The Balaban J connectivity index is 2.03. The van der Waals surface area contributed by atoms with Crippen molar-refractivity contribution in [2.24, 2.45) is 0 Å². The van der Waals surface area contributed by atoms with Crippen LogP contribution in [0.15, 0.2) is 52.6 Å². The Kier molecular flexibility index (Phi) is 2.65. The highest BCUT2D eigenvalue weighted by molar-refractivity contribution is 7.15. The van der Waals surface area contributed by atoms with Crippen LogP contribution in [0.1, 0.15) is 5.69 Å². The van der Waals surface area contributed by atoms with E-state index in [-0.39, 0.29) is 5.43 Å². The average Bonchev–Trinajstić information content (AvgIpc) is 2.90. The highest BCUT2D eigenvalue weighted by Gasteiger charge is 2.14. The third-order valence-corrected chi connectivity index (χ3v) is 4.61. The van der Waals surface area contributed by atoms with Crippen molar-refractivity contribution in [3.05, 3.63) is 63.8 Å². The Morgan fingerprint density at radius 1 is 1.14 bits per heavy atom. The molecule has 1 aromatic carbocycles. The molecule has 2 aliphatic rings. The van der Waals surface area contributed by atoms with E-state index in [4.69, 9.17) is 0 Å². The molecule has 0 amide bonds. The van der Waals surface area contributed by atoms with Gasteiger partial charge in [-0.2, -0.15) is 0 Å². The fourth-order valence-electron chi connectivity index (χ4n) is 2.53. The van der Waals surface area contributed by atoms with Gasteiger partial charge in [0, 0.05) is 17.1 Å². The number of hydrogen-bond donors (Lipinski definition) is 1. The van der Waals surface area contributed by atoms with E-state index in [1.165, 1.54) is 5.39 Å². The summed E-state index contributed by atoms with van der Waals surface area (Å²) in [6.45, 7) is 1.96. The second-order valence-electron chi connectivity index (χ2n) is 5.06. The highest BCUT2D eigenvalue weighted by Crippen LogP contribution is 2.34. The molecule has 0 radical (unpaired) electrons. The van der Waals surface area contributed by atoms with E-state index < -0.39 is 0 Å². The van der Waals surface area contributed by atoms with E-state index in [0.29, 0.717) is 11.4 Å². The molecule has 0 fully saturated rings. The number of aryl methyl sites for hydroxylation is 1. The van der Waals surface area contributed by atoms with Gasteiger partial charge in [0.15, 0.2) is 5.43 Å². The van der Waals surface area contributed by atoms with Crippen molar-refractivity contribution in [3.63, 3.8) is 0 Å². The number of pyridine rings is 2. The lowest BCUT2D eigenvalue weighted by molar-refractivity contribution is 1.12. The summed E-state index contributed by atoms with van der Waals surface area (Å²) in [6, 6.07) is 13.5. The fraction of sp³-hybridized carbons (Fsp3) is 0.0588. The Labute approximate surface area is 125 Å². The van der Waals surface area contributed by atoms with Crippen LogP contribution in [-0.4, -0.2) is 9.97 Å². The summed E-state index contributed by atoms with van der Waals surface area (Å²) in [5.41, 5.74) is 2.36. The van der Waals surface area contributed by atoms with Crippen LogP contribution in [0.4, 0.5) is 0 Å². The summed E-state index contributed by atoms with van der Waals surface area (Å²) in [5.74, 6) is 0.648. The fourth-order valence-corrected chi connectivity index (χ4v) is 3.52. The molecule has 0 unspecified atom stereocenters. The molecule has 0 spiro atoms. The van der Waals surface area contributed by atoms with E-state index in [0.717, 1.165) is 21.7 Å². The molecular weight excluding hydrogens is 280 g/mol. The molecule has 4 heteroatoms. The Hall–Kier alpha value is -2.46. The molecule has 3 heterocycles. The maximum atomic E-state index is 12.3. The Bertz CT molecular complexity index is 983. The van der Waals surface area contributed by atoms with Crippen molar-refractivity contribution in [2.75, 3.05) is 0 Å². The number of H-pyrrole nitrogens is 1. The van der Waals surface area contributed by atoms with Gasteiger partial charge in [-0.15, -0.1) is 11.3 Å². The quantitative estimate of drug-likeness (QED) is 0.575. The zero-order chi connectivity index (χ0) is 14.4. The lowest BCUT2D eigenvalue weighted by atomic mass is 10.1. The third-order valence-electron chi connectivity index (χ3n) is 3.58. The van der Waals surface area contributed by atoms with Crippen LogP contribution < -0.4 is 5.43 Å². The molecule has 0 aliphatic carbocycles. The normalized spacial score (nSPS) is 11.3. The Morgan fingerprint density at radius 3 is 2.90 bits per heavy atom. The van der Waals surface area contributed by atoms with Crippen molar-refractivity contribution < 1.29 is 0 Å². The van der Waals surface area contributed by atoms with E-state index in [1.807, 2.05) is 31.2 Å². The predicted octanol–water partition coefficient (Wildman–Crippen LogP) is 4.06. The van der Waals surface area contributed by atoms with Gasteiger partial charge in [0.25, 0.3) is 0 Å². The van der Waals surface area contributed by atoms with E-state index in [1.54, 1.807) is 17.4 Å². The monoisotopic (exact) mass is 292 g/mol. The van der Waals surface area contributed by atoms with Gasteiger partial charge >= 0.3 is 0 Å². The summed E-state index contributed by atoms with van der Waals surface area (Å²) in [6.07, 6.45) is 0. The zero-order valence-electron chi connectivity index (χ0n) is 11.4. The number of aromatic nitrogens is 2. The number of rotatable bonds is 1. The number of nitrogens with one attached hydrogen (secondary N) is 1. The first-order valence-corrected chi connectivity index (χ1v) is 7.57. The number of hydrogen-bond acceptors (Lipinski definition) is 3. The zero-order valence-corrected chi connectivity index (χ0v) is 12.2. The number of thiophene rings is 1. The van der Waals surface area contributed by atoms with E-state index in [9.17, 15) is 4.79 Å². The third kappa shape index (κ3) is 1.96. The largest absolute Gasteiger partial charge is 0.343 e. The van der Waals surface area contributed by atoms with Crippen molar-refractivity contribution >= 4 is 22.1 Å². The lowest BCUT2D eigenvalue weighted by Crippen LogP contribution is -2.09. The van der Waals surface area contributed by atoms with Crippen LogP contribution in [0, 0.1) is 6.92 Å². The molecule has 2 aromatic rings. The van der Waals surface area contributed by atoms with Gasteiger partial charge < -0.3 is 4.98 Å². The molecule has 102 valence electrons. The van der Waals surface area contributed by atoms with E-state index in [2.05, 4.69) is 27.5 Å². The van der Waals surface area contributed by atoms with Crippen molar-refractivity contribution in [2.45, 2.75) is 6.92 Å². The molecule has 21 heavy (non-hydrogen) atoms. The van der Waals surface area contributed by atoms with Gasteiger partial charge in [-0.05, 0) is 29.8 Å². The number of fused-ring (bicyclic) bond motifs is 2. The summed E-state index contributed by atoms with van der Waals surface area (Å²) < 4.78 is 0. The van der Waals surface area contributed by atoms with E-state index >= 15 is 0 Å². The number of benzene rings is 1. The Morgan fingerprint density at radius 2 is 2.00 bits per heavy atom. The van der Waals surface area contributed by atoms with Crippen LogP contribution in [0.25, 0.3) is 32.7 Å². The molecule has 1 N–H and O–H groups in total. The first-order valence-electron chi connectivity index (χ1n) is 6.70. The smallest absolute Gasteiger partial charge is 0.191 e. The lowest BCUT2D eigenvalue weighted by Gasteiger charge is -2.07. The molecule has 0 bridgehead atoms. The van der Waals surface area contributed by atoms with Gasteiger partial charge in [0.2, 0.25) is 0 Å². The highest BCUT2D eigenvalue weighted by atomic mass is 32.1. The summed E-state index contributed by atoms with van der Waals surface area (Å²) in [5, 5.41) is 4.42. The number of aromatic amines is 1. The van der Waals surface area contributed by atoms with Gasteiger partial charge in [-0.25, -0.2) is 4.98 Å². The van der Waals surface area contributed by atoms with Crippen LogP contribution in [0.5, 0.6) is 0 Å². The van der Waals surface area contributed by atoms with Gasteiger partial charge in [-0.1, -0.05) is 24.3 Å². The number of nitrogens with zero attached hydrogens (tertiary/aromatic N) is 1. The standard InChI is InChI=1S/C17H12N2OS/c1-10-6-7-13-15(20)8-14(19-17(13)18-10)16-12-5-3-2-4-11(12)9-21-16/h2-9H,1H3,(H,18,19,20). The van der Waals surface area contributed by atoms with Gasteiger partial charge in [0.1, 0.15) is 5.82 Å². The minimum Gasteiger partial charge on any atom is -0.343 e. The minimum absolute atomic E-state index is 0.00345. The summed E-state index contributed by atoms with van der Waals surface area (Å²) in [4.78, 5) is 21.1. The molecule has 0 saturated heterocycles. The van der Waals surface area contributed by atoms with Crippen LogP contribution in [0.2, 0.25) is 0 Å². The molecule has 0 saturated carbocycles. The van der Waals surface area contributed by atoms with Crippen LogP contribution >= 0.6 is 11.3 Å². The first-order chi connectivity index (χ1) is 10.2. The molecule has 2 aliphatic heterocycles. The topological polar surface area (TPSA) is 45.8 Å². The summed E-state index contributed by atoms with van der Waals surface area (Å²) >= 11 is 1.62. The van der Waals surface area contributed by atoms with Crippen LogP contribution in [0.3, 0.4) is 0 Å². The average molecular weight is 292 g/mol. The maximum absolute atomic E-state index is 12.3.